The van der Waals surface area contributed by atoms with Crippen LogP contribution >= 0.6 is 0 Å². The normalized spacial score (nSPS) is 11.3. The molecule has 0 N–H and O–H groups in total. The molecule has 0 fully saturated rings. The molecule has 0 aliphatic rings. The van der Waals surface area contributed by atoms with Crippen LogP contribution in [0.15, 0.2) is 91.0 Å². The molecule has 0 radical (unpaired) electrons. The lowest BCUT2D eigenvalue weighted by atomic mass is 9.96. The highest BCUT2D eigenvalue weighted by atomic mass is 15.0. The van der Waals surface area contributed by atoms with Crippen LogP contribution in [0.2, 0.25) is 0 Å². The van der Waals surface area contributed by atoms with Crippen LogP contribution in [0.25, 0.3) is 38.6 Å². The molecule has 5 rings (SSSR count). The maximum absolute atomic E-state index is 2.37. The zero-order valence-electron chi connectivity index (χ0n) is 15.6. The first-order chi connectivity index (χ1) is 13.2. The Balaban J connectivity index is 1.92. The van der Waals surface area contributed by atoms with E-state index in [0.717, 1.165) is 0 Å². The van der Waals surface area contributed by atoms with E-state index in [9.17, 15) is 0 Å². The van der Waals surface area contributed by atoms with E-state index in [2.05, 4.69) is 109 Å². The van der Waals surface area contributed by atoms with Gasteiger partial charge in [0.05, 0.1) is 11.0 Å². The fourth-order valence-electron chi connectivity index (χ4n) is 4.02. The summed E-state index contributed by atoms with van der Waals surface area (Å²) in [4.78, 5) is 0. The van der Waals surface area contributed by atoms with E-state index >= 15 is 0 Å². The molecule has 130 valence electrons. The van der Waals surface area contributed by atoms with Crippen LogP contribution in [-0.2, 0) is 0 Å². The van der Waals surface area contributed by atoms with Crippen molar-refractivity contribution >= 4 is 21.8 Å². The average Bonchev–Trinajstić information content (AvgIpc) is 3.05. The third kappa shape index (κ3) is 2.47. The molecule has 1 aromatic heterocycles. The van der Waals surface area contributed by atoms with Crippen molar-refractivity contribution in [3.8, 4) is 16.8 Å². The second kappa shape index (κ2) is 6.14. The molecule has 0 aliphatic heterocycles. The summed E-state index contributed by atoms with van der Waals surface area (Å²) in [6, 6.07) is 32.7. The first-order valence-electron chi connectivity index (χ1n) is 9.39. The Kier molecular flexibility index (Phi) is 3.61. The highest BCUT2D eigenvalue weighted by Crippen LogP contribution is 2.38. The lowest BCUT2D eigenvalue weighted by molar-refractivity contribution is 1.18. The van der Waals surface area contributed by atoms with Crippen LogP contribution < -0.4 is 0 Å². The number of hydrogen-bond donors (Lipinski definition) is 0. The van der Waals surface area contributed by atoms with Crippen molar-refractivity contribution in [3.05, 3.63) is 102 Å². The molecule has 4 aromatic carbocycles. The quantitative estimate of drug-likeness (QED) is 0.322. The third-order valence-electron chi connectivity index (χ3n) is 5.53. The predicted octanol–water partition coefficient (Wildman–Crippen LogP) is 7.07. The molecular formula is C26H21N. The highest BCUT2D eigenvalue weighted by molar-refractivity contribution is 6.15. The summed E-state index contributed by atoms with van der Waals surface area (Å²) in [5.74, 6) is 0. The van der Waals surface area contributed by atoms with E-state index < -0.39 is 0 Å². The van der Waals surface area contributed by atoms with Crippen molar-refractivity contribution in [3.63, 3.8) is 0 Å². The van der Waals surface area contributed by atoms with Crippen LogP contribution in [0, 0.1) is 13.8 Å². The largest absolute Gasteiger partial charge is 0.309 e. The zero-order chi connectivity index (χ0) is 18.4. The van der Waals surface area contributed by atoms with Gasteiger partial charge in [-0.25, -0.2) is 0 Å². The number of nitrogens with zero attached hydrogens (tertiary/aromatic N) is 1. The molecule has 5 aromatic rings. The minimum atomic E-state index is 1.20. The summed E-state index contributed by atoms with van der Waals surface area (Å²) in [7, 11) is 0. The van der Waals surface area contributed by atoms with Gasteiger partial charge in [-0.1, -0.05) is 66.7 Å². The Morgan fingerprint density at radius 2 is 1.33 bits per heavy atom. The van der Waals surface area contributed by atoms with Crippen molar-refractivity contribution in [1.82, 2.24) is 4.57 Å². The minimum absolute atomic E-state index is 1.20. The van der Waals surface area contributed by atoms with Gasteiger partial charge in [0.15, 0.2) is 0 Å². The molecule has 1 heteroatoms. The van der Waals surface area contributed by atoms with E-state index in [1.807, 2.05) is 0 Å². The molecule has 0 spiro atoms. The van der Waals surface area contributed by atoms with Crippen molar-refractivity contribution in [2.75, 3.05) is 0 Å². The van der Waals surface area contributed by atoms with E-state index in [1.54, 1.807) is 0 Å². The summed E-state index contributed by atoms with van der Waals surface area (Å²) in [5.41, 5.74) is 8.92. The second-order valence-corrected chi connectivity index (χ2v) is 7.19. The van der Waals surface area contributed by atoms with Gasteiger partial charge in [0.1, 0.15) is 0 Å². The van der Waals surface area contributed by atoms with E-state index in [1.165, 1.54) is 49.7 Å². The smallest absolute Gasteiger partial charge is 0.0547 e. The van der Waals surface area contributed by atoms with Crippen LogP contribution in [0.5, 0.6) is 0 Å². The van der Waals surface area contributed by atoms with Crippen LogP contribution in [0.3, 0.4) is 0 Å². The second-order valence-electron chi connectivity index (χ2n) is 7.19. The molecule has 0 saturated carbocycles. The van der Waals surface area contributed by atoms with Gasteiger partial charge in [-0.05, 0) is 60.4 Å². The third-order valence-corrected chi connectivity index (χ3v) is 5.53. The maximum Gasteiger partial charge on any atom is 0.0547 e. The van der Waals surface area contributed by atoms with E-state index in [4.69, 9.17) is 0 Å². The van der Waals surface area contributed by atoms with Gasteiger partial charge in [0, 0.05) is 16.5 Å². The number of rotatable bonds is 2. The summed E-state index contributed by atoms with van der Waals surface area (Å²) >= 11 is 0. The standard InChI is InChI=1S/C26H21N/c1-18-15-16-20(17-19(18)2)22-12-8-14-25-26(22)23-11-6-7-13-24(23)27(25)21-9-4-3-5-10-21/h3-17H,1-2H3. The van der Waals surface area contributed by atoms with Gasteiger partial charge in [-0.2, -0.15) is 0 Å². The molecule has 1 nitrogen and oxygen atoms in total. The Morgan fingerprint density at radius 1 is 0.593 bits per heavy atom. The lowest BCUT2D eigenvalue weighted by Crippen LogP contribution is -1.93. The Labute approximate surface area is 159 Å². The molecule has 0 saturated heterocycles. The van der Waals surface area contributed by atoms with Gasteiger partial charge in [-0.3, -0.25) is 0 Å². The Bertz CT molecular complexity index is 1280. The fraction of sp³-hybridized carbons (Fsp3) is 0.0769. The number of fused-ring (bicyclic) bond motifs is 3. The Hall–Kier alpha value is -3.32. The zero-order valence-corrected chi connectivity index (χ0v) is 15.6. The average molecular weight is 347 g/mol. The predicted molar refractivity (Wildman–Crippen MR) is 116 cm³/mol. The van der Waals surface area contributed by atoms with Crippen molar-refractivity contribution in [2.45, 2.75) is 13.8 Å². The molecule has 1 heterocycles. The van der Waals surface area contributed by atoms with Gasteiger partial charge in [0.2, 0.25) is 0 Å². The van der Waals surface area contributed by atoms with Gasteiger partial charge < -0.3 is 4.57 Å². The number of benzene rings is 4. The first kappa shape index (κ1) is 15.9. The van der Waals surface area contributed by atoms with E-state index in [0.29, 0.717) is 0 Å². The Morgan fingerprint density at radius 3 is 2.15 bits per heavy atom. The van der Waals surface area contributed by atoms with Crippen LogP contribution in [-0.4, -0.2) is 4.57 Å². The monoisotopic (exact) mass is 347 g/mol. The summed E-state index contributed by atoms with van der Waals surface area (Å²) in [6.07, 6.45) is 0. The number of para-hydroxylation sites is 2. The molecule has 27 heavy (non-hydrogen) atoms. The van der Waals surface area contributed by atoms with Crippen molar-refractivity contribution in [1.29, 1.82) is 0 Å². The molecule has 0 bridgehead atoms. The van der Waals surface area contributed by atoms with Crippen molar-refractivity contribution < 1.29 is 0 Å². The highest BCUT2D eigenvalue weighted by Gasteiger charge is 2.15. The lowest BCUT2D eigenvalue weighted by Gasteiger charge is -2.09. The van der Waals surface area contributed by atoms with Gasteiger partial charge in [0.25, 0.3) is 0 Å². The van der Waals surface area contributed by atoms with Crippen molar-refractivity contribution in [2.24, 2.45) is 0 Å². The molecule has 0 amide bonds. The molecule has 0 aliphatic carbocycles. The molecule has 0 unspecified atom stereocenters. The minimum Gasteiger partial charge on any atom is -0.309 e. The summed E-state index contributed by atoms with van der Waals surface area (Å²) < 4.78 is 2.37. The topological polar surface area (TPSA) is 4.93 Å². The van der Waals surface area contributed by atoms with Gasteiger partial charge >= 0.3 is 0 Å². The van der Waals surface area contributed by atoms with Crippen LogP contribution in [0.1, 0.15) is 11.1 Å². The number of aromatic nitrogens is 1. The fourth-order valence-corrected chi connectivity index (χ4v) is 4.02. The summed E-state index contributed by atoms with van der Waals surface area (Å²) in [5, 5.41) is 2.62. The number of aryl methyl sites for hydroxylation is 2. The van der Waals surface area contributed by atoms with Gasteiger partial charge in [-0.15, -0.1) is 0 Å². The maximum atomic E-state index is 2.37. The summed E-state index contributed by atoms with van der Waals surface area (Å²) in [6.45, 7) is 4.35. The number of hydrogen-bond acceptors (Lipinski definition) is 0. The SMILES string of the molecule is Cc1ccc(-c2cccc3c2c2ccccc2n3-c2ccccc2)cc1C. The van der Waals surface area contributed by atoms with Crippen LogP contribution in [0.4, 0.5) is 0 Å². The van der Waals surface area contributed by atoms with E-state index in [-0.39, 0.29) is 0 Å². The first-order valence-corrected chi connectivity index (χ1v) is 9.39. The molecule has 0 atom stereocenters. The molecular weight excluding hydrogens is 326 g/mol.